The van der Waals surface area contributed by atoms with E-state index in [1.165, 1.54) is 0 Å². The normalized spacial score (nSPS) is 22.1. The molecular weight excluding hydrogens is 182 g/mol. The molecule has 1 unspecified atom stereocenters. The van der Waals surface area contributed by atoms with Gasteiger partial charge in [-0.05, 0) is 13.3 Å². The first-order valence-electron chi connectivity index (χ1n) is 5.13. The van der Waals surface area contributed by atoms with Gasteiger partial charge in [0.2, 0.25) is 0 Å². The highest BCUT2D eigenvalue weighted by atomic mass is 16.5. The molecule has 4 nitrogen and oxygen atoms in total. The van der Waals surface area contributed by atoms with Crippen molar-refractivity contribution in [2.24, 2.45) is 5.92 Å². The number of esters is 1. The highest BCUT2D eigenvalue weighted by molar-refractivity contribution is 5.82. The van der Waals surface area contributed by atoms with Gasteiger partial charge in [0, 0.05) is 31.8 Å². The Hall–Kier alpha value is -0.900. The zero-order valence-electron chi connectivity index (χ0n) is 8.54. The maximum absolute atomic E-state index is 11.4. The number of ketones is 1. The largest absolute Gasteiger partial charge is 0.466 e. The molecule has 0 aliphatic carbocycles. The predicted molar refractivity (Wildman–Crippen MR) is 51.9 cm³/mol. The Bertz CT molecular complexity index is 215. The third-order valence-electron chi connectivity index (χ3n) is 2.40. The van der Waals surface area contributed by atoms with E-state index in [1.807, 2.05) is 0 Å². The van der Waals surface area contributed by atoms with Crippen molar-refractivity contribution in [3.63, 3.8) is 0 Å². The third-order valence-corrected chi connectivity index (χ3v) is 2.40. The summed E-state index contributed by atoms with van der Waals surface area (Å²) in [5, 5.41) is 3.15. The summed E-state index contributed by atoms with van der Waals surface area (Å²) >= 11 is 0. The topological polar surface area (TPSA) is 55.4 Å². The molecule has 0 amide bonds. The first-order chi connectivity index (χ1) is 6.74. The van der Waals surface area contributed by atoms with Crippen LogP contribution in [0.1, 0.15) is 26.2 Å². The Balaban J connectivity index is 2.22. The fourth-order valence-corrected chi connectivity index (χ4v) is 1.59. The van der Waals surface area contributed by atoms with Gasteiger partial charge in [0.1, 0.15) is 5.78 Å². The van der Waals surface area contributed by atoms with Gasteiger partial charge in [-0.3, -0.25) is 9.59 Å². The van der Waals surface area contributed by atoms with Crippen LogP contribution >= 0.6 is 0 Å². The van der Waals surface area contributed by atoms with E-state index in [9.17, 15) is 9.59 Å². The summed E-state index contributed by atoms with van der Waals surface area (Å²) in [7, 11) is 0. The average molecular weight is 199 g/mol. The van der Waals surface area contributed by atoms with Gasteiger partial charge in [-0.15, -0.1) is 0 Å². The van der Waals surface area contributed by atoms with Gasteiger partial charge in [0.05, 0.1) is 6.61 Å². The molecule has 0 spiro atoms. The first kappa shape index (κ1) is 11.2. The van der Waals surface area contributed by atoms with Crippen LogP contribution in [0.2, 0.25) is 0 Å². The lowest BCUT2D eigenvalue weighted by molar-refractivity contribution is -0.143. The Morgan fingerprint density at radius 2 is 2.43 bits per heavy atom. The molecule has 1 aliphatic rings. The Morgan fingerprint density at radius 3 is 3.07 bits per heavy atom. The standard InChI is InChI=1S/C10H17NO3/c1-2-14-10(13)4-3-8-7-11-6-5-9(8)12/h8,11H,2-7H2,1H3. The van der Waals surface area contributed by atoms with E-state index >= 15 is 0 Å². The van der Waals surface area contributed by atoms with Crippen molar-refractivity contribution in [3.8, 4) is 0 Å². The van der Waals surface area contributed by atoms with E-state index < -0.39 is 0 Å². The molecule has 1 fully saturated rings. The van der Waals surface area contributed by atoms with Crippen molar-refractivity contribution in [2.75, 3.05) is 19.7 Å². The molecule has 80 valence electrons. The van der Waals surface area contributed by atoms with Gasteiger partial charge < -0.3 is 10.1 Å². The second-order valence-corrected chi connectivity index (χ2v) is 3.46. The van der Waals surface area contributed by atoms with Crippen LogP contribution in [-0.4, -0.2) is 31.4 Å². The summed E-state index contributed by atoms with van der Waals surface area (Å²) in [6.45, 7) is 3.67. The van der Waals surface area contributed by atoms with E-state index in [0.717, 1.165) is 6.54 Å². The van der Waals surface area contributed by atoms with Crippen molar-refractivity contribution in [1.82, 2.24) is 5.32 Å². The van der Waals surface area contributed by atoms with Gasteiger partial charge in [0.15, 0.2) is 0 Å². The highest BCUT2D eigenvalue weighted by Gasteiger charge is 2.22. The number of carbonyl (C=O) groups is 2. The smallest absolute Gasteiger partial charge is 0.305 e. The minimum Gasteiger partial charge on any atom is -0.466 e. The van der Waals surface area contributed by atoms with Gasteiger partial charge in [-0.2, -0.15) is 0 Å². The molecule has 1 heterocycles. The Labute approximate surface area is 84.0 Å². The minimum atomic E-state index is -0.203. The first-order valence-corrected chi connectivity index (χ1v) is 5.13. The molecule has 0 aromatic rings. The number of carbonyl (C=O) groups excluding carboxylic acids is 2. The quantitative estimate of drug-likeness (QED) is 0.670. The zero-order chi connectivity index (χ0) is 10.4. The van der Waals surface area contributed by atoms with Crippen LogP contribution in [0, 0.1) is 5.92 Å². The fourth-order valence-electron chi connectivity index (χ4n) is 1.59. The van der Waals surface area contributed by atoms with Crippen LogP contribution in [0.4, 0.5) is 0 Å². The molecule has 1 rings (SSSR count). The van der Waals surface area contributed by atoms with E-state index in [0.29, 0.717) is 32.4 Å². The molecule has 0 aromatic heterocycles. The number of piperidine rings is 1. The monoisotopic (exact) mass is 199 g/mol. The second-order valence-electron chi connectivity index (χ2n) is 3.46. The Kier molecular flexibility index (Phi) is 4.59. The fraction of sp³-hybridized carbons (Fsp3) is 0.800. The summed E-state index contributed by atoms with van der Waals surface area (Å²) in [6.07, 6.45) is 1.56. The van der Waals surface area contributed by atoms with Crippen LogP contribution < -0.4 is 5.32 Å². The summed E-state index contributed by atoms with van der Waals surface area (Å²) in [4.78, 5) is 22.4. The number of rotatable bonds is 4. The van der Waals surface area contributed by atoms with Crippen molar-refractivity contribution >= 4 is 11.8 Å². The molecule has 1 saturated heterocycles. The molecule has 14 heavy (non-hydrogen) atoms. The Morgan fingerprint density at radius 1 is 1.64 bits per heavy atom. The van der Waals surface area contributed by atoms with Crippen LogP contribution in [0.15, 0.2) is 0 Å². The SMILES string of the molecule is CCOC(=O)CCC1CNCCC1=O. The summed E-state index contributed by atoms with van der Waals surface area (Å²) in [6, 6.07) is 0. The van der Waals surface area contributed by atoms with E-state index in [-0.39, 0.29) is 17.7 Å². The van der Waals surface area contributed by atoms with Crippen LogP contribution in [0.25, 0.3) is 0 Å². The van der Waals surface area contributed by atoms with E-state index in [1.54, 1.807) is 6.92 Å². The van der Waals surface area contributed by atoms with E-state index in [4.69, 9.17) is 4.74 Å². The van der Waals surface area contributed by atoms with Crippen molar-refractivity contribution in [2.45, 2.75) is 26.2 Å². The van der Waals surface area contributed by atoms with Gasteiger partial charge in [0.25, 0.3) is 0 Å². The maximum Gasteiger partial charge on any atom is 0.305 e. The lowest BCUT2D eigenvalue weighted by Crippen LogP contribution is -2.37. The molecule has 0 bridgehead atoms. The molecular formula is C10H17NO3. The average Bonchev–Trinajstić information content (AvgIpc) is 2.17. The zero-order valence-corrected chi connectivity index (χ0v) is 8.54. The number of hydrogen-bond donors (Lipinski definition) is 1. The highest BCUT2D eigenvalue weighted by Crippen LogP contribution is 2.12. The number of ether oxygens (including phenoxy) is 1. The molecule has 0 saturated carbocycles. The van der Waals surface area contributed by atoms with Crippen molar-refractivity contribution in [3.05, 3.63) is 0 Å². The number of Topliss-reactive ketones (excluding diaryl/α,β-unsaturated/α-hetero) is 1. The second kappa shape index (κ2) is 5.75. The minimum absolute atomic E-state index is 0.00755. The van der Waals surface area contributed by atoms with Crippen molar-refractivity contribution < 1.29 is 14.3 Å². The third kappa shape index (κ3) is 3.46. The molecule has 0 aromatic carbocycles. The van der Waals surface area contributed by atoms with Crippen LogP contribution in [0.5, 0.6) is 0 Å². The lowest BCUT2D eigenvalue weighted by atomic mass is 9.93. The molecule has 0 radical (unpaired) electrons. The van der Waals surface area contributed by atoms with Crippen LogP contribution in [-0.2, 0) is 14.3 Å². The van der Waals surface area contributed by atoms with Gasteiger partial charge in [-0.25, -0.2) is 0 Å². The lowest BCUT2D eigenvalue weighted by Gasteiger charge is -2.20. The molecule has 4 heteroatoms. The maximum atomic E-state index is 11.4. The number of nitrogens with one attached hydrogen (secondary N) is 1. The van der Waals surface area contributed by atoms with Gasteiger partial charge >= 0.3 is 5.97 Å². The van der Waals surface area contributed by atoms with Crippen LogP contribution in [0.3, 0.4) is 0 Å². The summed E-state index contributed by atoms with van der Waals surface area (Å²) < 4.78 is 4.80. The van der Waals surface area contributed by atoms with E-state index in [2.05, 4.69) is 5.32 Å². The predicted octanol–water partition coefficient (Wildman–Crippen LogP) is 0.508. The summed E-state index contributed by atoms with van der Waals surface area (Å²) in [5.74, 6) is 0.0760. The van der Waals surface area contributed by atoms with Crippen molar-refractivity contribution in [1.29, 1.82) is 0 Å². The molecule has 1 aliphatic heterocycles. The number of hydrogen-bond acceptors (Lipinski definition) is 4. The summed E-state index contributed by atoms with van der Waals surface area (Å²) in [5.41, 5.74) is 0. The molecule has 1 N–H and O–H groups in total. The molecule has 1 atom stereocenters. The van der Waals surface area contributed by atoms with Gasteiger partial charge in [-0.1, -0.05) is 0 Å².